The fourth-order valence-electron chi connectivity index (χ4n) is 1.55. The van der Waals surface area contributed by atoms with E-state index < -0.39 is 0 Å². The van der Waals surface area contributed by atoms with Gasteiger partial charge < -0.3 is 11.1 Å². The average Bonchev–Trinajstić information content (AvgIpc) is 2.64. The van der Waals surface area contributed by atoms with Gasteiger partial charge in [-0.05, 0) is 31.5 Å². The molecule has 0 aliphatic heterocycles. The van der Waals surface area contributed by atoms with Crippen LogP contribution >= 0.6 is 15.9 Å². The highest BCUT2D eigenvalue weighted by molar-refractivity contribution is 9.10. The van der Waals surface area contributed by atoms with E-state index in [0.717, 1.165) is 15.7 Å². The smallest absolute Gasteiger partial charge is 0.257 e. The summed E-state index contributed by atoms with van der Waals surface area (Å²) in [5, 5.41) is 9.35. The summed E-state index contributed by atoms with van der Waals surface area (Å²) in [6.07, 6.45) is 0. The standard InChI is InChI=1S/C12H13BrN4O/c1-6-3-4-8(13)5-9(6)12(18)15-11-10(14)7(2)16-17-11/h3-5H,14H2,1-2H3,(H2,15,16,17,18). The van der Waals surface area contributed by atoms with E-state index in [4.69, 9.17) is 5.73 Å². The highest BCUT2D eigenvalue weighted by Gasteiger charge is 2.14. The van der Waals surface area contributed by atoms with Crippen molar-refractivity contribution >= 4 is 33.3 Å². The Hall–Kier alpha value is -1.82. The maximum Gasteiger partial charge on any atom is 0.257 e. The number of nitrogens with one attached hydrogen (secondary N) is 2. The average molecular weight is 309 g/mol. The molecule has 5 nitrogen and oxygen atoms in total. The number of anilines is 2. The van der Waals surface area contributed by atoms with Crippen LogP contribution in [-0.4, -0.2) is 16.1 Å². The number of aryl methyl sites for hydroxylation is 2. The lowest BCUT2D eigenvalue weighted by Gasteiger charge is -2.06. The Morgan fingerprint density at radius 1 is 1.44 bits per heavy atom. The molecule has 0 saturated carbocycles. The molecular formula is C12H13BrN4O. The minimum absolute atomic E-state index is 0.230. The molecule has 0 atom stereocenters. The Kier molecular flexibility index (Phi) is 3.38. The van der Waals surface area contributed by atoms with Crippen LogP contribution in [0.2, 0.25) is 0 Å². The maximum absolute atomic E-state index is 12.1. The zero-order valence-electron chi connectivity index (χ0n) is 10.0. The van der Waals surface area contributed by atoms with Gasteiger partial charge in [0.25, 0.3) is 5.91 Å². The minimum atomic E-state index is -0.230. The van der Waals surface area contributed by atoms with E-state index in [9.17, 15) is 4.79 Å². The van der Waals surface area contributed by atoms with Gasteiger partial charge in [0.2, 0.25) is 0 Å². The zero-order chi connectivity index (χ0) is 13.3. The first-order valence-electron chi connectivity index (χ1n) is 5.37. The van der Waals surface area contributed by atoms with Crippen LogP contribution in [0.25, 0.3) is 0 Å². The Morgan fingerprint density at radius 3 is 2.78 bits per heavy atom. The van der Waals surface area contributed by atoms with Crippen LogP contribution in [0.4, 0.5) is 11.5 Å². The van der Waals surface area contributed by atoms with Crippen LogP contribution < -0.4 is 11.1 Å². The molecule has 1 amide bonds. The lowest BCUT2D eigenvalue weighted by atomic mass is 10.1. The number of nitrogens with two attached hydrogens (primary N) is 1. The summed E-state index contributed by atoms with van der Waals surface area (Å²) in [5.41, 5.74) is 8.44. The van der Waals surface area contributed by atoms with E-state index in [1.807, 2.05) is 19.1 Å². The Bertz CT molecular complexity index is 606. The SMILES string of the molecule is Cc1ccc(Br)cc1C(=O)Nc1n[nH]c(C)c1N. The van der Waals surface area contributed by atoms with Crippen LogP contribution in [0.1, 0.15) is 21.6 Å². The van der Waals surface area contributed by atoms with Gasteiger partial charge in [-0.25, -0.2) is 0 Å². The molecule has 1 aromatic carbocycles. The molecule has 2 aromatic rings. The lowest BCUT2D eigenvalue weighted by molar-refractivity contribution is 0.102. The van der Waals surface area contributed by atoms with E-state index >= 15 is 0 Å². The summed E-state index contributed by atoms with van der Waals surface area (Å²) < 4.78 is 0.851. The number of rotatable bonds is 2. The minimum Gasteiger partial charge on any atom is -0.394 e. The van der Waals surface area contributed by atoms with Crippen molar-refractivity contribution in [3.05, 3.63) is 39.5 Å². The van der Waals surface area contributed by atoms with Gasteiger partial charge in [0.05, 0.1) is 11.4 Å². The normalized spacial score (nSPS) is 10.4. The topological polar surface area (TPSA) is 83.8 Å². The molecule has 0 unspecified atom stereocenters. The summed E-state index contributed by atoms with van der Waals surface area (Å²) in [6.45, 7) is 3.67. The number of halogens is 1. The van der Waals surface area contributed by atoms with Gasteiger partial charge in [-0.1, -0.05) is 22.0 Å². The van der Waals surface area contributed by atoms with Crippen LogP contribution in [0.5, 0.6) is 0 Å². The van der Waals surface area contributed by atoms with E-state index in [2.05, 4.69) is 31.4 Å². The molecule has 94 valence electrons. The summed E-state index contributed by atoms with van der Waals surface area (Å²) in [6, 6.07) is 5.53. The summed E-state index contributed by atoms with van der Waals surface area (Å²) in [7, 11) is 0. The largest absolute Gasteiger partial charge is 0.394 e. The number of nitrogen functional groups attached to an aromatic ring is 1. The number of aromatic nitrogens is 2. The number of aromatic amines is 1. The van der Waals surface area contributed by atoms with Crippen molar-refractivity contribution in [3.63, 3.8) is 0 Å². The summed E-state index contributed by atoms with van der Waals surface area (Å²) in [4.78, 5) is 12.1. The number of hydrogen-bond donors (Lipinski definition) is 3. The molecule has 0 bridgehead atoms. The van der Waals surface area contributed by atoms with Crippen LogP contribution in [-0.2, 0) is 0 Å². The number of carbonyl (C=O) groups excluding carboxylic acids is 1. The zero-order valence-corrected chi connectivity index (χ0v) is 11.6. The second-order valence-corrected chi connectivity index (χ2v) is 4.94. The van der Waals surface area contributed by atoms with E-state index in [1.54, 1.807) is 13.0 Å². The molecule has 1 heterocycles. The van der Waals surface area contributed by atoms with Gasteiger partial charge >= 0.3 is 0 Å². The first-order chi connectivity index (χ1) is 8.49. The molecule has 0 aliphatic rings. The third-order valence-electron chi connectivity index (χ3n) is 2.67. The molecule has 6 heteroatoms. The van der Waals surface area contributed by atoms with Gasteiger partial charge in [0, 0.05) is 10.0 Å². The molecule has 18 heavy (non-hydrogen) atoms. The van der Waals surface area contributed by atoms with E-state index in [-0.39, 0.29) is 5.91 Å². The third-order valence-corrected chi connectivity index (χ3v) is 3.16. The number of benzene rings is 1. The maximum atomic E-state index is 12.1. The molecule has 4 N–H and O–H groups in total. The van der Waals surface area contributed by atoms with Crippen molar-refractivity contribution in [2.24, 2.45) is 0 Å². The number of nitrogens with zero attached hydrogens (tertiary/aromatic N) is 1. The Labute approximate surface area is 113 Å². The quantitative estimate of drug-likeness (QED) is 0.797. The summed E-state index contributed by atoms with van der Waals surface area (Å²) in [5.74, 6) is 0.129. The molecule has 2 rings (SSSR count). The van der Waals surface area contributed by atoms with Gasteiger partial charge in [-0.2, -0.15) is 5.10 Å². The van der Waals surface area contributed by atoms with Crippen molar-refractivity contribution in [2.45, 2.75) is 13.8 Å². The molecule has 0 saturated heterocycles. The third kappa shape index (κ3) is 2.38. The number of amides is 1. The molecule has 0 radical (unpaired) electrons. The second kappa shape index (κ2) is 4.81. The van der Waals surface area contributed by atoms with Crippen molar-refractivity contribution in [2.75, 3.05) is 11.1 Å². The fourth-order valence-corrected chi connectivity index (χ4v) is 1.91. The lowest BCUT2D eigenvalue weighted by Crippen LogP contribution is -2.14. The van der Waals surface area contributed by atoms with Crippen LogP contribution in [0, 0.1) is 13.8 Å². The van der Waals surface area contributed by atoms with Crippen LogP contribution in [0.3, 0.4) is 0 Å². The number of H-pyrrole nitrogens is 1. The van der Waals surface area contributed by atoms with Crippen molar-refractivity contribution in [3.8, 4) is 0 Å². The fraction of sp³-hybridized carbons (Fsp3) is 0.167. The number of hydrogen-bond acceptors (Lipinski definition) is 3. The summed E-state index contributed by atoms with van der Waals surface area (Å²) >= 11 is 3.34. The Balaban J connectivity index is 2.27. The molecular weight excluding hydrogens is 296 g/mol. The van der Waals surface area contributed by atoms with Crippen molar-refractivity contribution in [1.82, 2.24) is 10.2 Å². The van der Waals surface area contributed by atoms with Gasteiger partial charge in [-0.3, -0.25) is 9.89 Å². The van der Waals surface area contributed by atoms with Gasteiger partial charge in [0.1, 0.15) is 0 Å². The van der Waals surface area contributed by atoms with Crippen molar-refractivity contribution < 1.29 is 4.79 Å². The first kappa shape index (κ1) is 12.6. The molecule has 0 fully saturated rings. The molecule has 0 spiro atoms. The molecule has 0 aliphatic carbocycles. The highest BCUT2D eigenvalue weighted by Crippen LogP contribution is 2.21. The van der Waals surface area contributed by atoms with E-state index in [0.29, 0.717) is 17.1 Å². The van der Waals surface area contributed by atoms with E-state index in [1.165, 1.54) is 0 Å². The number of carbonyl (C=O) groups is 1. The predicted molar refractivity (Wildman–Crippen MR) is 74.6 cm³/mol. The van der Waals surface area contributed by atoms with Gasteiger partial charge in [0.15, 0.2) is 5.82 Å². The Morgan fingerprint density at radius 2 is 2.17 bits per heavy atom. The highest BCUT2D eigenvalue weighted by atomic mass is 79.9. The second-order valence-electron chi connectivity index (χ2n) is 4.02. The molecule has 1 aromatic heterocycles. The monoisotopic (exact) mass is 308 g/mol. The predicted octanol–water partition coefficient (Wildman–Crippen LogP) is 2.62. The first-order valence-corrected chi connectivity index (χ1v) is 6.16. The van der Waals surface area contributed by atoms with Crippen molar-refractivity contribution in [1.29, 1.82) is 0 Å². The van der Waals surface area contributed by atoms with Gasteiger partial charge in [-0.15, -0.1) is 0 Å². The van der Waals surface area contributed by atoms with Crippen LogP contribution in [0.15, 0.2) is 22.7 Å².